The van der Waals surface area contributed by atoms with Gasteiger partial charge in [0, 0.05) is 44.5 Å². The second kappa shape index (κ2) is 5.98. The number of hydrogen-bond donors (Lipinski definition) is 0. The standard InChI is InChI=1S/C18H25N5O2/c1-11-9-14-16(12(2)25-11)20-22(4)17(14)18(24)21(3)10-15-19-7-8-23(15)13-5-6-13/h7-8,11-13H,5-6,9-10H2,1-4H3/t11-,12+/m1/s1. The lowest BCUT2D eigenvalue weighted by Crippen LogP contribution is -2.31. The third-order valence-electron chi connectivity index (χ3n) is 5.11. The Kier molecular flexibility index (Phi) is 3.91. The Morgan fingerprint density at radius 1 is 1.40 bits per heavy atom. The van der Waals surface area contributed by atoms with Gasteiger partial charge in [-0.2, -0.15) is 5.10 Å². The van der Waals surface area contributed by atoms with E-state index in [0.29, 0.717) is 18.3 Å². The molecule has 2 aromatic rings. The van der Waals surface area contributed by atoms with Gasteiger partial charge < -0.3 is 14.2 Å². The number of carbonyl (C=O) groups is 1. The van der Waals surface area contributed by atoms with Crippen molar-refractivity contribution < 1.29 is 9.53 Å². The lowest BCUT2D eigenvalue weighted by molar-refractivity contribution is -0.00713. The molecule has 25 heavy (non-hydrogen) atoms. The molecule has 3 heterocycles. The highest BCUT2D eigenvalue weighted by molar-refractivity contribution is 5.94. The summed E-state index contributed by atoms with van der Waals surface area (Å²) in [5, 5.41) is 4.55. The molecule has 1 amide bonds. The Labute approximate surface area is 147 Å². The van der Waals surface area contributed by atoms with Crippen molar-refractivity contribution in [1.29, 1.82) is 0 Å². The first-order chi connectivity index (χ1) is 12.0. The van der Waals surface area contributed by atoms with E-state index < -0.39 is 0 Å². The van der Waals surface area contributed by atoms with Crippen molar-refractivity contribution in [3.05, 3.63) is 35.2 Å². The summed E-state index contributed by atoms with van der Waals surface area (Å²) in [5.41, 5.74) is 2.58. The van der Waals surface area contributed by atoms with E-state index in [9.17, 15) is 4.79 Å². The van der Waals surface area contributed by atoms with Crippen molar-refractivity contribution >= 4 is 5.91 Å². The van der Waals surface area contributed by atoms with Crippen LogP contribution >= 0.6 is 0 Å². The molecule has 2 aliphatic rings. The summed E-state index contributed by atoms with van der Waals surface area (Å²) in [5.74, 6) is 0.933. The molecule has 1 fully saturated rings. The molecule has 4 rings (SSSR count). The Morgan fingerprint density at radius 2 is 2.16 bits per heavy atom. The van der Waals surface area contributed by atoms with Crippen LogP contribution in [0.5, 0.6) is 0 Å². The zero-order valence-corrected chi connectivity index (χ0v) is 15.3. The average molecular weight is 343 g/mol. The molecule has 0 aromatic carbocycles. The molecule has 1 aliphatic carbocycles. The van der Waals surface area contributed by atoms with Gasteiger partial charge in [-0.05, 0) is 26.7 Å². The Balaban J connectivity index is 1.59. The molecule has 0 unspecified atom stereocenters. The second-order valence-corrected chi connectivity index (χ2v) is 7.27. The van der Waals surface area contributed by atoms with Crippen molar-refractivity contribution in [2.45, 2.75) is 57.9 Å². The molecule has 0 spiro atoms. The first-order valence-corrected chi connectivity index (χ1v) is 8.94. The highest BCUT2D eigenvalue weighted by Gasteiger charge is 2.33. The van der Waals surface area contributed by atoms with E-state index in [-0.39, 0.29) is 18.1 Å². The van der Waals surface area contributed by atoms with Crippen LogP contribution in [0.3, 0.4) is 0 Å². The second-order valence-electron chi connectivity index (χ2n) is 7.27. The topological polar surface area (TPSA) is 65.2 Å². The number of imidazole rings is 1. The molecule has 0 bridgehead atoms. The van der Waals surface area contributed by atoms with Gasteiger partial charge in [0.2, 0.25) is 0 Å². The van der Waals surface area contributed by atoms with Gasteiger partial charge in [0.15, 0.2) is 0 Å². The van der Waals surface area contributed by atoms with Crippen LogP contribution in [-0.2, 0) is 24.8 Å². The SMILES string of the molecule is C[C@@H]1Cc2c(nn(C)c2C(=O)N(C)Cc2nccn2C2CC2)[C@H](C)O1. The van der Waals surface area contributed by atoms with E-state index in [4.69, 9.17) is 4.74 Å². The van der Waals surface area contributed by atoms with Gasteiger partial charge in [0.25, 0.3) is 5.91 Å². The highest BCUT2D eigenvalue weighted by atomic mass is 16.5. The van der Waals surface area contributed by atoms with Crippen LogP contribution in [0.4, 0.5) is 0 Å². The summed E-state index contributed by atoms with van der Waals surface area (Å²) in [4.78, 5) is 19.3. The highest BCUT2D eigenvalue weighted by Crippen LogP contribution is 2.36. The molecule has 2 aromatic heterocycles. The minimum absolute atomic E-state index is 0.0112. The molecule has 134 valence electrons. The van der Waals surface area contributed by atoms with E-state index >= 15 is 0 Å². The van der Waals surface area contributed by atoms with Crippen LogP contribution in [-0.4, -0.2) is 43.3 Å². The van der Waals surface area contributed by atoms with Gasteiger partial charge in [-0.1, -0.05) is 0 Å². The molecule has 7 heteroatoms. The van der Waals surface area contributed by atoms with Crippen LogP contribution in [0.15, 0.2) is 12.4 Å². The minimum atomic E-state index is -0.0782. The van der Waals surface area contributed by atoms with E-state index in [1.165, 1.54) is 12.8 Å². The van der Waals surface area contributed by atoms with Crippen molar-refractivity contribution in [2.24, 2.45) is 7.05 Å². The summed E-state index contributed by atoms with van der Waals surface area (Å²) in [6, 6.07) is 0.560. The lowest BCUT2D eigenvalue weighted by Gasteiger charge is -2.25. The fraction of sp³-hybridized carbons (Fsp3) is 0.611. The van der Waals surface area contributed by atoms with Gasteiger partial charge >= 0.3 is 0 Å². The zero-order valence-electron chi connectivity index (χ0n) is 15.3. The fourth-order valence-corrected chi connectivity index (χ4v) is 3.75. The van der Waals surface area contributed by atoms with Gasteiger partial charge in [-0.15, -0.1) is 0 Å². The predicted octanol–water partition coefficient (Wildman–Crippen LogP) is 2.25. The summed E-state index contributed by atoms with van der Waals surface area (Å²) in [6.07, 6.45) is 6.97. The number of aryl methyl sites for hydroxylation is 1. The molecule has 2 atom stereocenters. The number of rotatable bonds is 4. The number of amides is 1. The monoisotopic (exact) mass is 343 g/mol. The smallest absolute Gasteiger partial charge is 0.272 e. The van der Waals surface area contributed by atoms with Crippen LogP contribution in [0.1, 0.15) is 66.4 Å². The number of aromatic nitrogens is 4. The Morgan fingerprint density at radius 3 is 2.88 bits per heavy atom. The maximum atomic E-state index is 13.1. The third kappa shape index (κ3) is 2.86. The van der Waals surface area contributed by atoms with Crippen LogP contribution in [0.2, 0.25) is 0 Å². The normalized spacial score (nSPS) is 22.7. The quantitative estimate of drug-likeness (QED) is 0.854. The molecule has 0 saturated heterocycles. The van der Waals surface area contributed by atoms with Crippen LogP contribution < -0.4 is 0 Å². The number of ether oxygens (including phenoxy) is 1. The molecule has 1 saturated carbocycles. The summed E-state index contributed by atoms with van der Waals surface area (Å²) in [7, 11) is 3.67. The van der Waals surface area contributed by atoms with Gasteiger partial charge in [0.1, 0.15) is 11.5 Å². The average Bonchev–Trinajstić information content (AvgIpc) is 3.20. The van der Waals surface area contributed by atoms with Crippen molar-refractivity contribution in [1.82, 2.24) is 24.2 Å². The Bertz CT molecular complexity index is 804. The number of hydrogen-bond acceptors (Lipinski definition) is 4. The summed E-state index contributed by atoms with van der Waals surface area (Å²) >= 11 is 0. The maximum Gasteiger partial charge on any atom is 0.272 e. The largest absolute Gasteiger partial charge is 0.369 e. The summed E-state index contributed by atoms with van der Waals surface area (Å²) < 4.78 is 9.74. The molecule has 7 nitrogen and oxygen atoms in total. The summed E-state index contributed by atoms with van der Waals surface area (Å²) in [6.45, 7) is 4.53. The maximum absolute atomic E-state index is 13.1. The van der Waals surface area contributed by atoms with Crippen molar-refractivity contribution in [3.8, 4) is 0 Å². The predicted molar refractivity (Wildman–Crippen MR) is 92.2 cm³/mol. The molecule has 0 N–H and O–H groups in total. The zero-order chi connectivity index (χ0) is 17.7. The molecular weight excluding hydrogens is 318 g/mol. The number of carbonyl (C=O) groups excluding carboxylic acids is 1. The first kappa shape index (κ1) is 16.3. The van der Waals surface area contributed by atoms with Crippen LogP contribution in [0, 0.1) is 0 Å². The Hall–Kier alpha value is -2.15. The number of nitrogens with zero attached hydrogens (tertiary/aromatic N) is 5. The van der Waals surface area contributed by atoms with Gasteiger partial charge in [-0.25, -0.2) is 4.98 Å². The van der Waals surface area contributed by atoms with Crippen molar-refractivity contribution in [3.63, 3.8) is 0 Å². The van der Waals surface area contributed by atoms with Crippen LogP contribution in [0.25, 0.3) is 0 Å². The molecule has 1 aliphatic heterocycles. The van der Waals surface area contributed by atoms with E-state index in [1.807, 2.05) is 40.3 Å². The van der Waals surface area contributed by atoms with Crippen molar-refractivity contribution in [2.75, 3.05) is 7.05 Å². The van der Waals surface area contributed by atoms with E-state index in [0.717, 1.165) is 23.5 Å². The van der Waals surface area contributed by atoms with Gasteiger partial charge in [0.05, 0.1) is 24.4 Å². The molecular formula is C18H25N5O2. The van der Waals surface area contributed by atoms with E-state index in [1.54, 1.807) is 9.58 Å². The fourth-order valence-electron chi connectivity index (χ4n) is 3.75. The third-order valence-corrected chi connectivity index (χ3v) is 5.11. The number of fused-ring (bicyclic) bond motifs is 1. The lowest BCUT2D eigenvalue weighted by atomic mass is 9.99. The van der Waals surface area contributed by atoms with E-state index in [2.05, 4.69) is 14.6 Å². The van der Waals surface area contributed by atoms with Gasteiger partial charge in [-0.3, -0.25) is 9.48 Å². The first-order valence-electron chi connectivity index (χ1n) is 8.94. The minimum Gasteiger partial charge on any atom is -0.369 e. The molecule has 0 radical (unpaired) electrons.